The van der Waals surface area contributed by atoms with Gasteiger partial charge in [0.15, 0.2) is 0 Å². The molecular weight excluding hydrogens is 202 g/mol. The van der Waals surface area contributed by atoms with E-state index in [-0.39, 0.29) is 12.5 Å². The highest BCUT2D eigenvalue weighted by Gasteiger charge is 2.22. The summed E-state index contributed by atoms with van der Waals surface area (Å²) in [6.45, 7) is 1.16. The van der Waals surface area contributed by atoms with Crippen LogP contribution in [0.2, 0.25) is 0 Å². The van der Waals surface area contributed by atoms with Crippen molar-refractivity contribution in [2.75, 3.05) is 19.7 Å². The quantitative estimate of drug-likeness (QED) is 0.816. The van der Waals surface area contributed by atoms with Gasteiger partial charge >= 0.3 is 0 Å². The van der Waals surface area contributed by atoms with Gasteiger partial charge in [-0.25, -0.2) is 0 Å². The number of carbonyl (C=O) groups excluding carboxylic acids is 1. The smallest absolute Gasteiger partial charge is 0.248 e. The van der Waals surface area contributed by atoms with Crippen LogP contribution in [-0.4, -0.2) is 35.6 Å². The first-order valence-electron chi connectivity index (χ1n) is 5.75. The number of nitrogens with zero attached hydrogens (tertiary/aromatic N) is 1. The normalized spacial score (nSPS) is 17.4. The molecule has 1 N–H and O–H groups in total. The van der Waals surface area contributed by atoms with E-state index in [1.807, 2.05) is 6.07 Å². The van der Waals surface area contributed by atoms with Gasteiger partial charge in [0.05, 0.1) is 0 Å². The molecule has 1 fully saturated rings. The van der Waals surface area contributed by atoms with Crippen molar-refractivity contribution in [3.63, 3.8) is 0 Å². The van der Waals surface area contributed by atoms with E-state index in [0.29, 0.717) is 5.92 Å². The molecule has 1 aliphatic heterocycles. The Hall–Kier alpha value is -1.35. The van der Waals surface area contributed by atoms with Crippen LogP contribution in [0, 0.1) is 0 Å². The van der Waals surface area contributed by atoms with Crippen LogP contribution in [0.3, 0.4) is 0 Å². The molecule has 1 saturated heterocycles. The van der Waals surface area contributed by atoms with Crippen LogP contribution in [-0.2, 0) is 4.79 Å². The number of aliphatic hydroxyl groups is 1. The lowest BCUT2D eigenvalue weighted by Gasteiger charge is -2.31. The zero-order valence-corrected chi connectivity index (χ0v) is 9.30. The highest BCUT2D eigenvalue weighted by Crippen LogP contribution is 2.27. The second-order valence-electron chi connectivity index (χ2n) is 4.22. The number of benzene rings is 1. The summed E-state index contributed by atoms with van der Waals surface area (Å²) in [5.41, 5.74) is 1.36. The summed E-state index contributed by atoms with van der Waals surface area (Å²) in [7, 11) is 0. The number of hydrogen-bond acceptors (Lipinski definition) is 2. The summed E-state index contributed by atoms with van der Waals surface area (Å²) in [4.78, 5) is 13.0. The minimum absolute atomic E-state index is 0.147. The third-order valence-electron chi connectivity index (χ3n) is 3.25. The van der Waals surface area contributed by atoms with Gasteiger partial charge in [0.25, 0.3) is 0 Å². The van der Waals surface area contributed by atoms with Gasteiger partial charge in [-0.15, -0.1) is 0 Å². The van der Waals surface area contributed by atoms with Crippen molar-refractivity contribution in [2.24, 2.45) is 0 Å². The van der Waals surface area contributed by atoms with Crippen LogP contribution in [0.15, 0.2) is 30.3 Å². The summed E-state index contributed by atoms with van der Waals surface area (Å²) < 4.78 is 0. The van der Waals surface area contributed by atoms with Gasteiger partial charge in [-0.05, 0) is 24.3 Å². The monoisotopic (exact) mass is 219 g/mol. The summed E-state index contributed by atoms with van der Waals surface area (Å²) in [5.74, 6) is 0.412. The van der Waals surface area contributed by atoms with E-state index in [1.54, 1.807) is 4.90 Å². The molecule has 0 spiro atoms. The third kappa shape index (κ3) is 2.42. The Morgan fingerprint density at radius 3 is 2.44 bits per heavy atom. The molecule has 1 heterocycles. The Morgan fingerprint density at radius 2 is 1.88 bits per heavy atom. The summed E-state index contributed by atoms with van der Waals surface area (Å²) in [6.07, 6.45) is 1.99. The highest BCUT2D eigenvalue weighted by atomic mass is 16.3. The molecule has 0 saturated carbocycles. The van der Waals surface area contributed by atoms with Gasteiger partial charge in [0, 0.05) is 13.1 Å². The molecule has 0 atom stereocenters. The van der Waals surface area contributed by atoms with Crippen molar-refractivity contribution >= 4 is 5.91 Å². The molecule has 0 bridgehead atoms. The average molecular weight is 219 g/mol. The van der Waals surface area contributed by atoms with Gasteiger partial charge in [0.2, 0.25) is 5.91 Å². The summed E-state index contributed by atoms with van der Waals surface area (Å²) in [5, 5.41) is 8.78. The fourth-order valence-electron chi connectivity index (χ4n) is 2.29. The van der Waals surface area contributed by atoms with Crippen molar-refractivity contribution < 1.29 is 9.90 Å². The first-order chi connectivity index (χ1) is 7.81. The van der Waals surface area contributed by atoms with Gasteiger partial charge < -0.3 is 10.0 Å². The van der Waals surface area contributed by atoms with Crippen LogP contribution in [0.25, 0.3) is 0 Å². The van der Waals surface area contributed by atoms with Gasteiger partial charge in [0.1, 0.15) is 6.61 Å². The molecule has 16 heavy (non-hydrogen) atoms. The van der Waals surface area contributed by atoms with Gasteiger partial charge in [-0.1, -0.05) is 30.3 Å². The van der Waals surface area contributed by atoms with Crippen molar-refractivity contribution in [3.05, 3.63) is 35.9 Å². The first-order valence-corrected chi connectivity index (χ1v) is 5.75. The highest BCUT2D eigenvalue weighted by molar-refractivity contribution is 5.77. The number of likely N-dealkylation sites (tertiary alicyclic amines) is 1. The topological polar surface area (TPSA) is 40.5 Å². The Morgan fingerprint density at radius 1 is 1.25 bits per heavy atom. The molecule has 2 rings (SSSR count). The predicted molar refractivity (Wildman–Crippen MR) is 62.1 cm³/mol. The Balaban J connectivity index is 1.93. The minimum atomic E-state index is -0.365. The van der Waals surface area contributed by atoms with Gasteiger partial charge in [-0.3, -0.25) is 4.79 Å². The molecule has 0 aromatic heterocycles. The average Bonchev–Trinajstić information content (AvgIpc) is 2.39. The standard InChI is InChI=1S/C13H17NO2/c15-10-13(16)14-8-6-12(7-9-14)11-4-2-1-3-5-11/h1-5,12,15H,6-10H2. The van der Waals surface area contributed by atoms with Crippen molar-refractivity contribution in [3.8, 4) is 0 Å². The van der Waals surface area contributed by atoms with Crippen molar-refractivity contribution in [1.29, 1.82) is 0 Å². The zero-order chi connectivity index (χ0) is 11.4. The second kappa shape index (κ2) is 5.12. The van der Waals surface area contributed by atoms with E-state index in [0.717, 1.165) is 25.9 Å². The molecule has 0 radical (unpaired) electrons. The Bertz CT molecular complexity index is 342. The van der Waals surface area contributed by atoms with Crippen LogP contribution < -0.4 is 0 Å². The van der Waals surface area contributed by atoms with Gasteiger partial charge in [-0.2, -0.15) is 0 Å². The number of hydrogen-bond donors (Lipinski definition) is 1. The molecule has 1 amide bonds. The molecule has 3 nitrogen and oxygen atoms in total. The Kier molecular flexibility index (Phi) is 3.57. The van der Waals surface area contributed by atoms with Crippen LogP contribution in [0.1, 0.15) is 24.3 Å². The van der Waals surface area contributed by atoms with Crippen LogP contribution in [0.5, 0.6) is 0 Å². The van der Waals surface area contributed by atoms with E-state index < -0.39 is 0 Å². The summed E-state index contributed by atoms with van der Waals surface area (Å²) >= 11 is 0. The van der Waals surface area contributed by atoms with Crippen molar-refractivity contribution in [2.45, 2.75) is 18.8 Å². The third-order valence-corrected chi connectivity index (χ3v) is 3.25. The molecule has 1 aromatic rings. The zero-order valence-electron chi connectivity index (χ0n) is 9.30. The number of carbonyl (C=O) groups is 1. The Labute approximate surface area is 95.7 Å². The van der Waals surface area contributed by atoms with E-state index in [2.05, 4.69) is 24.3 Å². The predicted octanol–water partition coefficient (Wildman–Crippen LogP) is 1.38. The molecule has 3 heteroatoms. The minimum Gasteiger partial charge on any atom is -0.387 e. The molecule has 0 aliphatic carbocycles. The van der Waals surface area contributed by atoms with E-state index in [9.17, 15) is 4.79 Å². The van der Waals surface area contributed by atoms with Crippen LogP contribution >= 0.6 is 0 Å². The molecule has 86 valence electrons. The largest absolute Gasteiger partial charge is 0.387 e. The second-order valence-corrected chi connectivity index (χ2v) is 4.22. The number of piperidine rings is 1. The molecule has 1 aromatic carbocycles. The van der Waals surface area contributed by atoms with E-state index in [1.165, 1.54) is 5.56 Å². The van der Waals surface area contributed by atoms with Crippen molar-refractivity contribution in [1.82, 2.24) is 4.90 Å². The molecule has 1 aliphatic rings. The lowest BCUT2D eigenvalue weighted by Crippen LogP contribution is -2.39. The number of rotatable bonds is 2. The maximum absolute atomic E-state index is 11.3. The fraction of sp³-hybridized carbons (Fsp3) is 0.462. The fourth-order valence-corrected chi connectivity index (χ4v) is 2.29. The first kappa shape index (κ1) is 11.1. The lowest BCUT2D eigenvalue weighted by atomic mass is 9.89. The van der Waals surface area contributed by atoms with E-state index >= 15 is 0 Å². The summed E-state index contributed by atoms with van der Waals surface area (Å²) in [6, 6.07) is 10.4. The maximum Gasteiger partial charge on any atom is 0.248 e. The molecule has 0 unspecified atom stereocenters. The number of aliphatic hydroxyl groups excluding tert-OH is 1. The SMILES string of the molecule is O=C(CO)N1CCC(c2ccccc2)CC1. The lowest BCUT2D eigenvalue weighted by molar-refractivity contribution is -0.135. The molecular formula is C13H17NO2. The number of amides is 1. The van der Waals surface area contributed by atoms with E-state index in [4.69, 9.17) is 5.11 Å². The maximum atomic E-state index is 11.3. The van der Waals surface area contributed by atoms with Crippen LogP contribution in [0.4, 0.5) is 0 Å².